The number of hydrogen-bond acceptors (Lipinski definition) is 2. The molecule has 3 heteroatoms. The molecule has 0 aliphatic heterocycles. The third-order valence-electron chi connectivity index (χ3n) is 2.07. The number of amides is 1. The van der Waals surface area contributed by atoms with Crippen LogP contribution in [0.25, 0.3) is 0 Å². The normalized spacial score (nSPS) is 10.2. The van der Waals surface area contributed by atoms with Gasteiger partial charge in [0.1, 0.15) is 5.75 Å². The molecule has 0 fully saturated rings. The fourth-order valence-corrected chi connectivity index (χ4v) is 1.22. The van der Waals surface area contributed by atoms with Crippen molar-refractivity contribution in [3.05, 3.63) is 29.8 Å². The minimum absolute atomic E-state index is 0.0739. The summed E-state index contributed by atoms with van der Waals surface area (Å²) in [5, 5.41) is 2.80. The lowest BCUT2D eigenvalue weighted by molar-refractivity contribution is -0.123. The lowest BCUT2D eigenvalue weighted by Crippen LogP contribution is -2.31. The molecule has 0 radical (unpaired) electrons. The molecule has 3 nitrogen and oxygen atoms in total. The Kier molecular flexibility index (Phi) is 4.83. The van der Waals surface area contributed by atoms with E-state index < -0.39 is 0 Å². The van der Waals surface area contributed by atoms with Gasteiger partial charge in [0.15, 0.2) is 6.61 Å². The first-order chi connectivity index (χ1) is 7.58. The van der Waals surface area contributed by atoms with Gasteiger partial charge in [-0.1, -0.05) is 26.0 Å². The van der Waals surface area contributed by atoms with Gasteiger partial charge < -0.3 is 10.1 Å². The van der Waals surface area contributed by atoms with Crippen LogP contribution in [-0.2, 0) is 4.79 Å². The predicted molar refractivity (Wildman–Crippen MR) is 64.5 cm³/mol. The molecule has 16 heavy (non-hydrogen) atoms. The molecule has 0 aromatic heterocycles. The molecule has 1 N–H and O–H groups in total. The van der Waals surface area contributed by atoms with Gasteiger partial charge in [-0.25, -0.2) is 0 Å². The van der Waals surface area contributed by atoms with Gasteiger partial charge >= 0.3 is 0 Å². The van der Waals surface area contributed by atoms with Crippen LogP contribution in [-0.4, -0.2) is 19.1 Å². The summed E-state index contributed by atoms with van der Waals surface area (Å²) in [7, 11) is 0. The molecule has 1 aromatic rings. The van der Waals surface area contributed by atoms with E-state index in [1.54, 1.807) is 0 Å². The van der Waals surface area contributed by atoms with Crippen molar-refractivity contribution in [3.8, 4) is 5.75 Å². The largest absolute Gasteiger partial charge is 0.484 e. The summed E-state index contributed by atoms with van der Waals surface area (Å²) in [5.74, 6) is 1.12. The molecule has 0 heterocycles. The van der Waals surface area contributed by atoms with Gasteiger partial charge in [0.25, 0.3) is 5.91 Å². The Morgan fingerprint density at radius 2 is 2.19 bits per heavy atom. The van der Waals surface area contributed by atoms with Crippen LogP contribution in [0.5, 0.6) is 5.75 Å². The Labute approximate surface area is 96.8 Å². The summed E-state index contributed by atoms with van der Waals surface area (Å²) < 4.78 is 5.37. The van der Waals surface area contributed by atoms with E-state index >= 15 is 0 Å². The van der Waals surface area contributed by atoms with Crippen LogP contribution in [0.15, 0.2) is 24.3 Å². The van der Waals surface area contributed by atoms with E-state index in [2.05, 4.69) is 19.2 Å². The molecule has 1 aromatic carbocycles. The number of aryl methyl sites for hydroxylation is 1. The molecule has 0 aliphatic rings. The lowest BCUT2D eigenvalue weighted by atomic mass is 10.2. The highest BCUT2D eigenvalue weighted by Gasteiger charge is 2.03. The van der Waals surface area contributed by atoms with Crippen LogP contribution in [0.2, 0.25) is 0 Å². The van der Waals surface area contributed by atoms with Gasteiger partial charge in [0.2, 0.25) is 0 Å². The predicted octanol–water partition coefficient (Wildman–Crippen LogP) is 2.15. The Hall–Kier alpha value is -1.51. The quantitative estimate of drug-likeness (QED) is 0.827. The van der Waals surface area contributed by atoms with Gasteiger partial charge in [0.05, 0.1) is 0 Å². The smallest absolute Gasteiger partial charge is 0.257 e. The summed E-state index contributed by atoms with van der Waals surface area (Å²) in [5.41, 5.74) is 1.13. The maximum Gasteiger partial charge on any atom is 0.257 e. The van der Waals surface area contributed by atoms with Gasteiger partial charge in [-0.3, -0.25) is 4.79 Å². The van der Waals surface area contributed by atoms with E-state index in [-0.39, 0.29) is 12.5 Å². The topological polar surface area (TPSA) is 38.3 Å². The second kappa shape index (κ2) is 6.16. The molecule has 0 spiro atoms. The zero-order valence-corrected chi connectivity index (χ0v) is 10.1. The average Bonchev–Trinajstić information content (AvgIpc) is 2.23. The summed E-state index contributed by atoms with van der Waals surface area (Å²) in [6, 6.07) is 7.67. The first-order valence-electron chi connectivity index (χ1n) is 5.54. The molecule has 1 amide bonds. The molecule has 0 saturated heterocycles. The van der Waals surface area contributed by atoms with Gasteiger partial charge in [-0.05, 0) is 30.5 Å². The van der Waals surface area contributed by atoms with Crippen molar-refractivity contribution in [2.45, 2.75) is 20.8 Å². The van der Waals surface area contributed by atoms with E-state index in [1.165, 1.54) is 0 Å². The van der Waals surface area contributed by atoms with Crippen LogP contribution in [0.1, 0.15) is 19.4 Å². The monoisotopic (exact) mass is 221 g/mol. The third-order valence-corrected chi connectivity index (χ3v) is 2.07. The average molecular weight is 221 g/mol. The van der Waals surface area contributed by atoms with Crippen molar-refractivity contribution in [3.63, 3.8) is 0 Å². The van der Waals surface area contributed by atoms with Crippen LogP contribution < -0.4 is 10.1 Å². The number of nitrogens with one attached hydrogen (secondary N) is 1. The number of benzene rings is 1. The molecule has 0 aliphatic carbocycles. The molecule has 88 valence electrons. The van der Waals surface area contributed by atoms with Crippen molar-refractivity contribution in [2.24, 2.45) is 5.92 Å². The summed E-state index contributed by atoms with van der Waals surface area (Å²) >= 11 is 0. The van der Waals surface area contributed by atoms with Crippen molar-refractivity contribution < 1.29 is 9.53 Å². The van der Waals surface area contributed by atoms with E-state index in [9.17, 15) is 4.79 Å². The van der Waals surface area contributed by atoms with Crippen LogP contribution in [0.4, 0.5) is 0 Å². The molecule has 0 bridgehead atoms. The zero-order chi connectivity index (χ0) is 12.0. The number of rotatable bonds is 5. The van der Waals surface area contributed by atoms with E-state index in [0.29, 0.717) is 12.5 Å². The SMILES string of the molecule is Cc1cccc(OCC(=O)NCC(C)C)c1. The Bertz CT molecular complexity index is 348. The van der Waals surface area contributed by atoms with E-state index in [1.807, 2.05) is 31.2 Å². The van der Waals surface area contributed by atoms with Gasteiger partial charge in [-0.15, -0.1) is 0 Å². The second-order valence-electron chi connectivity index (χ2n) is 4.30. The Morgan fingerprint density at radius 1 is 1.44 bits per heavy atom. The minimum Gasteiger partial charge on any atom is -0.484 e. The number of carbonyl (C=O) groups is 1. The summed E-state index contributed by atoms with van der Waals surface area (Å²) in [6.07, 6.45) is 0. The fourth-order valence-electron chi connectivity index (χ4n) is 1.22. The van der Waals surface area contributed by atoms with Crippen molar-refractivity contribution in [1.82, 2.24) is 5.32 Å². The Balaban J connectivity index is 2.31. The van der Waals surface area contributed by atoms with Crippen LogP contribution in [0, 0.1) is 12.8 Å². The first-order valence-corrected chi connectivity index (χ1v) is 5.54. The molecule has 0 atom stereocenters. The maximum absolute atomic E-state index is 11.4. The van der Waals surface area contributed by atoms with Gasteiger partial charge in [0, 0.05) is 6.54 Å². The number of carbonyl (C=O) groups excluding carboxylic acids is 1. The molecular formula is C13H19NO2. The van der Waals surface area contributed by atoms with E-state index in [0.717, 1.165) is 11.3 Å². The Morgan fingerprint density at radius 3 is 2.81 bits per heavy atom. The number of ether oxygens (including phenoxy) is 1. The summed E-state index contributed by atoms with van der Waals surface area (Å²) in [4.78, 5) is 11.4. The highest BCUT2D eigenvalue weighted by Crippen LogP contribution is 2.11. The van der Waals surface area contributed by atoms with Crippen LogP contribution >= 0.6 is 0 Å². The highest BCUT2D eigenvalue weighted by molar-refractivity contribution is 5.77. The van der Waals surface area contributed by atoms with Gasteiger partial charge in [-0.2, -0.15) is 0 Å². The van der Waals surface area contributed by atoms with Crippen molar-refractivity contribution >= 4 is 5.91 Å². The lowest BCUT2D eigenvalue weighted by Gasteiger charge is -2.09. The van der Waals surface area contributed by atoms with Crippen molar-refractivity contribution in [2.75, 3.05) is 13.2 Å². The molecule has 0 saturated carbocycles. The molecular weight excluding hydrogens is 202 g/mol. The third kappa shape index (κ3) is 4.82. The second-order valence-corrected chi connectivity index (χ2v) is 4.30. The maximum atomic E-state index is 11.4. The van der Waals surface area contributed by atoms with Crippen LogP contribution in [0.3, 0.4) is 0 Å². The fraction of sp³-hybridized carbons (Fsp3) is 0.462. The minimum atomic E-state index is -0.0739. The number of hydrogen-bond donors (Lipinski definition) is 1. The highest BCUT2D eigenvalue weighted by atomic mass is 16.5. The standard InChI is InChI=1S/C13H19NO2/c1-10(2)8-14-13(15)9-16-12-6-4-5-11(3)7-12/h4-7,10H,8-9H2,1-3H3,(H,14,15). The van der Waals surface area contributed by atoms with E-state index in [4.69, 9.17) is 4.74 Å². The summed E-state index contributed by atoms with van der Waals surface area (Å²) in [6.45, 7) is 6.88. The molecule has 0 unspecified atom stereocenters. The van der Waals surface area contributed by atoms with Crippen molar-refractivity contribution in [1.29, 1.82) is 0 Å². The zero-order valence-electron chi connectivity index (χ0n) is 10.1. The molecule has 1 rings (SSSR count). The first kappa shape index (κ1) is 12.6.